The fourth-order valence-electron chi connectivity index (χ4n) is 3.88. The van der Waals surface area contributed by atoms with E-state index < -0.39 is 11.4 Å². The number of fused-ring (bicyclic) bond motifs is 1. The van der Waals surface area contributed by atoms with Gasteiger partial charge in [0, 0.05) is 43.5 Å². The van der Waals surface area contributed by atoms with Crippen molar-refractivity contribution in [3.63, 3.8) is 0 Å². The number of hydrogen-bond acceptors (Lipinski definition) is 5. The third-order valence-electron chi connectivity index (χ3n) is 5.02. The molecule has 2 saturated heterocycles. The number of carbonyl (C=O) groups is 2. The fraction of sp³-hybridized carbons (Fsp3) is 0.529. The Morgan fingerprint density at radius 2 is 2.25 bits per heavy atom. The van der Waals surface area contributed by atoms with Crippen LogP contribution in [0.1, 0.15) is 14.5 Å². The normalized spacial score (nSPS) is 26.4. The molecule has 0 radical (unpaired) electrons. The van der Waals surface area contributed by atoms with Crippen LogP contribution in [0.2, 0.25) is 0 Å². The summed E-state index contributed by atoms with van der Waals surface area (Å²) in [6.07, 6.45) is 1.79. The predicted molar refractivity (Wildman–Crippen MR) is 91.7 cm³/mol. The first kappa shape index (κ1) is 17.0. The molecule has 1 N–H and O–H groups in total. The van der Waals surface area contributed by atoms with E-state index in [0.717, 1.165) is 4.88 Å². The molecule has 2 atom stereocenters. The maximum atomic E-state index is 12.9. The molecule has 24 heavy (non-hydrogen) atoms. The van der Waals surface area contributed by atoms with Gasteiger partial charge < -0.3 is 14.7 Å². The van der Waals surface area contributed by atoms with Gasteiger partial charge in [0.2, 0.25) is 0 Å². The Hall–Kier alpha value is -1.86. The minimum atomic E-state index is -0.877. The maximum Gasteiger partial charge on any atom is 0.313 e. The lowest BCUT2D eigenvalue weighted by atomic mass is 9.81. The number of rotatable bonds is 5. The maximum absolute atomic E-state index is 12.9. The van der Waals surface area contributed by atoms with Gasteiger partial charge in [0.25, 0.3) is 5.91 Å². The molecule has 0 aromatic carbocycles. The number of carboxylic acid groups (broad SMARTS) is 1. The third kappa shape index (κ3) is 2.61. The topological polar surface area (TPSA) is 70.1 Å². The van der Waals surface area contributed by atoms with E-state index in [1.54, 1.807) is 18.1 Å². The molecular formula is C17H22N2O4S. The molecule has 3 rings (SSSR count). The zero-order valence-electron chi connectivity index (χ0n) is 13.9. The van der Waals surface area contributed by atoms with E-state index in [9.17, 15) is 14.7 Å². The minimum Gasteiger partial charge on any atom is -0.495 e. The van der Waals surface area contributed by atoms with Gasteiger partial charge in [-0.2, -0.15) is 0 Å². The number of thiophene rings is 1. The van der Waals surface area contributed by atoms with Crippen LogP contribution < -0.4 is 4.74 Å². The van der Waals surface area contributed by atoms with E-state index in [4.69, 9.17) is 4.74 Å². The molecule has 3 heterocycles. The van der Waals surface area contributed by atoms with Crippen molar-refractivity contribution in [2.45, 2.75) is 6.92 Å². The van der Waals surface area contributed by atoms with Gasteiger partial charge in [-0.1, -0.05) is 6.08 Å². The molecule has 0 spiro atoms. The molecule has 0 unspecified atom stereocenters. The zero-order chi connectivity index (χ0) is 17.5. The summed E-state index contributed by atoms with van der Waals surface area (Å²) in [7, 11) is 1.54. The molecule has 130 valence electrons. The summed E-state index contributed by atoms with van der Waals surface area (Å²) < 4.78 is 5.29. The summed E-state index contributed by atoms with van der Waals surface area (Å²) in [5.74, 6) is -0.429. The van der Waals surface area contributed by atoms with Crippen molar-refractivity contribution >= 4 is 23.2 Å². The number of aliphatic carboxylic acids is 1. The first-order chi connectivity index (χ1) is 11.4. The molecule has 7 heteroatoms. The van der Waals surface area contributed by atoms with Crippen LogP contribution in [0.5, 0.6) is 5.75 Å². The van der Waals surface area contributed by atoms with Crippen molar-refractivity contribution in [3.05, 3.63) is 28.5 Å². The Labute approximate surface area is 145 Å². The standard InChI is InChI=1S/C17H22N2O4S/c1-4-5-18-7-12-8-19(10-17(12,9-18)16(21)22)15(20)14-13(23-3)6-11(2)24-14/h4,6,12H,1,5,7-10H2,2-3H3,(H,21,22)/t12-,17-/m1/s1. The van der Waals surface area contributed by atoms with Gasteiger partial charge in [-0.3, -0.25) is 14.5 Å². The van der Waals surface area contributed by atoms with Crippen LogP contribution in [0, 0.1) is 18.3 Å². The number of carboxylic acids is 1. The number of aryl methyl sites for hydroxylation is 1. The molecule has 1 aromatic rings. The fourth-order valence-corrected chi connectivity index (χ4v) is 4.83. The zero-order valence-corrected chi connectivity index (χ0v) is 14.8. The quantitative estimate of drug-likeness (QED) is 0.819. The smallest absolute Gasteiger partial charge is 0.313 e. The van der Waals surface area contributed by atoms with Crippen molar-refractivity contribution in [2.24, 2.45) is 11.3 Å². The van der Waals surface area contributed by atoms with E-state index in [2.05, 4.69) is 11.5 Å². The van der Waals surface area contributed by atoms with Gasteiger partial charge >= 0.3 is 5.97 Å². The van der Waals surface area contributed by atoms with E-state index >= 15 is 0 Å². The number of ether oxygens (including phenoxy) is 1. The average molecular weight is 350 g/mol. The Morgan fingerprint density at radius 3 is 2.83 bits per heavy atom. The van der Waals surface area contributed by atoms with Crippen LogP contribution in [0.25, 0.3) is 0 Å². The summed E-state index contributed by atoms with van der Waals surface area (Å²) in [5, 5.41) is 9.82. The lowest BCUT2D eigenvalue weighted by Crippen LogP contribution is -2.42. The highest BCUT2D eigenvalue weighted by Crippen LogP contribution is 2.44. The lowest BCUT2D eigenvalue weighted by Gasteiger charge is -2.25. The molecule has 6 nitrogen and oxygen atoms in total. The molecule has 2 fully saturated rings. The van der Waals surface area contributed by atoms with Crippen molar-refractivity contribution in [3.8, 4) is 5.75 Å². The number of nitrogens with zero attached hydrogens (tertiary/aromatic N) is 2. The second-order valence-corrected chi connectivity index (χ2v) is 7.84. The van der Waals surface area contributed by atoms with E-state index in [-0.39, 0.29) is 18.4 Å². The highest BCUT2D eigenvalue weighted by Gasteiger charge is 2.58. The van der Waals surface area contributed by atoms with Crippen molar-refractivity contribution < 1.29 is 19.4 Å². The second kappa shape index (κ2) is 6.22. The van der Waals surface area contributed by atoms with Crippen LogP contribution in [0.4, 0.5) is 0 Å². The average Bonchev–Trinajstić information content (AvgIpc) is 3.17. The molecule has 2 aliphatic rings. The highest BCUT2D eigenvalue weighted by molar-refractivity contribution is 7.14. The number of carbonyl (C=O) groups excluding carboxylic acids is 1. The van der Waals surface area contributed by atoms with E-state index in [0.29, 0.717) is 36.8 Å². The number of amides is 1. The Kier molecular flexibility index (Phi) is 4.40. The molecule has 1 aromatic heterocycles. The molecular weight excluding hydrogens is 328 g/mol. The van der Waals surface area contributed by atoms with Gasteiger partial charge in [0.15, 0.2) is 0 Å². The van der Waals surface area contributed by atoms with E-state index in [1.165, 1.54) is 11.3 Å². The monoisotopic (exact) mass is 350 g/mol. The lowest BCUT2D eigenvalue weighted by molar-refractivity contribution is -0.148. The Morgan fingerprint density at radius 1 is 1.50 bits per heavy atom. The van der Waals surface area contributed by atoms with Crippen LogP contribution >= 0.6 is 11.3 Å². The van der Waals surface area contributed by atoms with Gasteiger partial charge in [-0.05, 0) is 13.0 Å². The number of likely N-dealkylation sites (tertiary alicyclic amines) is 2. The molecule has 0 saturated carbocycles. The number of hydrogen-bond donors (Lipinski definition) is 1. The van der Waals surface area contributed by atoms with Crippen molar-refractivity contribution in [1.82, 2.24) is 9.80 Å². The molecule has 0 aliphatic carbocycles. The van der Waals surface area contributed by atoms with Crippen LogP contribution in [0.3, 0.4) is 0 Å². The summed E-state index contributed by atoms with van der Waals surface area (Å²) in [5.41, 5.74) is -0.877. The van der Waals surface area contributed by atoms with Crippen molar-refractivity contribution in [1.29, 1.82) is 0 Å². The summed E-state index contributed by atoms with van der Waals surface area (Å²) >= 11 is 1.39. The molecule has 0 bridgehead atoms. The van der Waals surface area contributed by atoms with E-state index in [1.807, 2.05) is 13.0 Å². The first-order valence-electron chi connectivity index (χ1n) is 7.91. The van der Waals surface area contributed by atoms with Gasteiger partial charge in [-0.15, -0.1) is 17.9 Å². The predicted octanol–water partition coefficient (Wildman–Crippen LogP) is 1.71. The molecule has 1 amide bonds. The molecule has 2 aliphatic heterocycles. The highest BCUT2D eigenvalue weighted by atomic mass is 32.1. The summed E-state index contributed by atoms with van der Waals surface area (Å²) in [4.78, 5) is 30.2. The Balaban J connectivity index is 1.83. The van der Waals surface area contributed by atoms with Gasteiger partial charge in [0.1, 0.15) is 16.0 Å². The van der Waals surface area contributed by atoms with Crippen molar-refractivity contribution in [2.75, 3.05) is 39.8 Å². The van der Waals surface area contributed by atoms with Gasteiger partial charge in [-0.25, -0.2) is 0 Å². The number of methoxy groups -OCH3 is 1. The van der Waals surface area contributed by atoms with Crippen LogP contribution in [-0.4, -0.2) is 66.6 Å². The second-order valence-electron chi connectivity index (χ2n) is 6.58. The minimum absolute atomic E-state index is 0.0500. The Bertz CT molecular complexity index is 686. The largest absolute Gasteiger partial charge is 0.495 e. The summed E-state index contributed by atoms with van der Waals surface area (Å²) in [6.45, 7) is 8.19. The van der Waals surface area contributed by atoms with Crippen LogP contribution in [0.15, 0.2) is 18.7 Å². The third-order valence-corrected chi connectivity index (χ3v) is 6.04. The first-order valence-corrected chi connectivity index (χ1v) is 8.73. The van der Waals surface area contributed by atoms with Gasteiger partial charge in [0.05, 0.1) is 7.11 Å². The van der Waals surface area contributed by atoms with Crippen LogP contribution in [-0.2, 0) is 4.79 Å². The SMILES string of the molecule is C=CCN1C[C@@H]2CN(C(=O)c3sc(C)cc3OC)C[C@]2(C(=O)O)C1. The summed E-state index contributed by atoms with van der Waals surface area (Å²) in [6, 6.07) is 1.84.